The average molecular weight is 583 g/mol. The number of benzene rings is 1. The third-order valence-electron chi connectivity index (χ3n) is 9.32. The SMILES string of the molecule is CN1CCC[C@H]1COc1nc2c(c(N3CCN(C(=O)O)[C@@H](CC#N)C3)n1)CCC1(C2)CS(O)(O)Cc2ccccc21. The Hall–Kier alpha value is -3.11. The van der Waals surface area contributed by atoms with E-state index in [1.807, 2.05) is 18.2 Å². The van der Waals surface area contributed by atoms with Gasteiger partial charge in [0.15, 0.2) is 0 Å². The summed E-state index contributed by atoms with van der Waals surface area (Å²) in [4.78, 5) is 27.4. The molecule has 2 saturated heterocycles. The molecule has 2 fully saturated rings. The van der Waals surface area contributed by atoms with E-state index in [2.05, 4.69) is 29.0 Å². The summed E-state index contributed by atoms with van der Waals surface area (Å²) >= 11 is 0. The number of rotatable bonds is 5. The predicted molar refractivity (Wildman–Crippen MR) is 156 cm³/mol. The quantitative estimate of drug-likeness (QED) is 0.477. The predicted octanol–water partition coefficient (Wildman–Crippen LogP) is 3.72. The number of likely N-dealkylation sites (N-methyl/N-ethyl adjacent to an activating group) is 1. The van der Waals surface area contributed by atoms with Gasteiger partial charge in [0.05, 0.1) is 30.0 Å². The van der Waals surface area contributed by atoms with Crippen molar-refractivity contribution >= 4 is 22.5 Å². The second kappa shape index (κ2) is 10.9. The minimum atomic E-state index is -2.79. The van der Waals surface area contributed by atoms with Gasteiger partial charge in [-0.25, -0.2) is 4.79 Å². The number of aromatic nitrogens is 2. The highest BCUT2D eigenvalue weighted by Gasteiger charge is 2.46. The smallest absolute Gasteiger partial charge is 0.407 e. The lowest BCUT2D eigenvalue weighted by molar-refractivity contribution is 0.118. The number of amides is 1. The van der Waals surface area contributed by atoms with Crippen LogP contribution in [0.15, 0.2) is 24.3 Å². The van der Waals surface area contributed by atoms with Gasteiger partial charge in [0.1, 0.15) is 12.4 Å². The summed E-state index contributed by atoms with van der Waals surface area (Å²) in [5.41, 5.74) is 3.55. The molecule has 4 aliphatic rings. The number of piperazine rings is 1. The van der Waals surface area contributed by atoms with Crippen LogP contribution in [0.3, 0.4) is 0 Å². The number of fused-ring (bicyclic) bond motifs is 3. The van der Waals surface area contributed by atoms with Crippen molar-refractivity contribution in [2.75, 3.05) is 50.5 Å². The largest absolute Gasteiger partial charge is 0.465 e. The first kappa shape index (κ1) is 28.0. The minimum Gasteiger partial charge on any atom is -0.465 e. The molecule has 0 bridgehead atoms. The molecular weight excluding hydrogens is 544 g/mol. The Morgan fingerprint density at radius 1 is 1.22 bits per heavy atom. The lowest BCUT2D eigenvalue weighted by Crippen LogP contribution is -2.55. The van der Waals surface area contributed by atoms with E-state index in [-0.39, 0.29) is 18.7 Å². The van der Waals surface area contributed by atoms with Gasteiger partial charge in [-0.3, -0.25) is 9.11 Å². The minimum absolute atomic E-state index is 0.102. The number of anilines is 1. The molecule has 1 amide bonds. The van der Waals surface area contributed by atoms with Crippen LogP contribution in [0.5, 0.6) is 6.01 Å². The standard InChI is InChI=1S/C29H38N6O5S/c1-33-12-4-6-22(33)17-40-27-31-25-15-29(19-41(38,39)18-20-5-2-3-7-24(20)29)10-8-23(25)26(32-27)34-13-14-35(28(36)37)21(16-34)9-11-30/h2-3,5,7,21-22,38-39H,4,6,8-10,12-19H2,1H3,(H,36,37)/t21-,22-,29?/m0/s1. The van der Waals surface area contributed by atoms with Crippen molar-refractivity contribution in [1.82, 2.24) is 19.8 Å². The molecule has 1 unspecified atom stereocenters. The number of ether oxygens (including phenoxy) is 1. The van der Waals surface area contributed by atoms with E-state index in [0.717, 1.165) is 54.0 Å². The molecule has 1 aromatic heterocycles. The fraction of sp³-hybridized carbons (Fsp3) is 0.586. The highest BCUT2D eigenvalue weighted by Crippen LogP contribution is 2.57. The summed E-state index contributed by atoms with van der Waals surface area (Å²) in [6.07, 6.45) is 3.19. The van der Waals surface area contributed by atoms with E-state index < -0.39 is 28.1 Å². The molecule has 1 aliphatic carbocycles. The maximum Gasteiger partial charge on any atom is 0.407 e. The van der Waals surface area contributed by atoms with E-state index in [1.165, 1.54) is 4.90 Å². The van der Waals surface area contributed by atoms with E-state index >= 15 is 0 Å². The van der Waals surface area contributed by atoms with Gasteiger partial charge < -0.3 is 24.5 Å². The van der Waals surface area contributed by atoms with Crippen molar-refractivity contribution in [2.45, 2.75) is 61.8 Å². The van der Waals surface area contributed by atoms with Crippen molar-refractivity contribution in [3.05, 3.63) is 46.6 Å². The summed E-state index contributed by atoms with van der Waals surface area (Å²) in [5.74, 6) is 1.33. The number of hydrogen-bond donors (Lipinski definition) is 3. The normalized spacial score (nSPS) is 28.0. The number of nitrogens with zero attached hydrogens (tertiary/aromatic N) is 6. The van der Waals surface area contributed by atoms with E-state index in [0.29, 0.717) is 50.3 Å². The zero-order chi connectivity index (χ0) is 28.8. The second-order valence-corrected chi connectivity index (χ2v) is 14.2. The molecule has 3 N–H and O–H groups in total. The van der Waals surface area contributed by atoms with Crippen LogP contribution in [0, 0.1) is 11.3 Å². The fourth-order valence-electron chi connectivity index (χ4n) is 7.27. The summed E-state index contributed by atoms with van der Waals surface area (Å²) in [7, 11) is -0.688. The van der Waals surface area contributed by atoms with Crippen LogP contribution in [0.1, 0.15) is 48.1 Å². The van der Waals surface area contributed by atoms with Crippen LogP contribution < -0.4 is 9.64 Å². The zero-order valence-electron chi connectivity index (χ0n) is 23.4. The van der Waals surface area contributed by atoms with Crippen molar-refractivity contribution in [1.29, 1.82) is 5.26 Å². The second-order valence-electron chi connectivity index (χ2n) is 12.0. The Kier molecular flexibility index (Phi) is 7.48. The first-order valence-electron chi connectivity index (χ1n) is 14.3. The molecule has 41 heavy (non-hydrogen) atoms. The molecule has 3 aliphatic heterocycles. The number of carboxylic acid groups (broad SMARTS) is 1. The van der Waals surface area contributed by atoms with E-state index in [4.69, 9.17) is 14.7 Å². The van der Waals surface area contributed by atoms with Gasteiger partial charge in [-0.15, -0.1) is 0 Å². The highest BCUT2D eigenvalue weighted by atomic mass is 32.3. The van der Waals surface area contributed by atoms with Gasteiger partial charge in [0, 0.05) is 48.8 Å². The van der Waals surface area contributed by atoms with Crippen molar-refractivity contribution in [2.24, 2.45) is 0 Å². The van der Waals surface area contributed by atoms with E-state index in [1.54, 1.807) is 0 Å². The number of hydrogen-bond acceptors (Lipinski definition) is 9. The van der Waals surface area contributed by atoms with Gasteiger partial charge in [-0.1, -0.05) is 24.3 Å². The Morgan fingerprint density at radius 2 is 2.05 bits per heavy atom. The Bertz CT molecular complexity index is 1370. The van der Waals surface area contributed by atoms with Gasteiger partial charge in [-0.05, 0) is 50.4 Å². The summed E-state index contributed by atoms with van der Waals surface area (Å²) in [6.45, 7) is 2.61. The summed E-state index contributed by atoms with van der Waals surface area (Å²) in [5, 5.41) is 19.1. The first-order valence-corrected chi connectivity index (χ1v) is 16.2. The van der Waals surface area contributed by atoms with Crippen molar-refractivity contribution < 1.29 is 23.7 Å². The van der Waals surface area contributed by atoms with Crippen LogP contribution in [0.25, 0.3) is 0 Å². The molecule has 4 heterocycles. The molecule has 0 saturated carbocycles. The molecule has 1 aromatic carbocycles. The van der Waals surface area contributed by atoms with Crippen molar-refractivity contribution in [3.8, 4) is 12.1 Å². The highest BCUT2D eigenvalue weighted by molar-refractivity contribution is 8.23. The lowest BCUT2D eigenvalue weighted by atomic mass is 9.68. The molecule has 220 valence electrons. The van der Waals surface area contributed by atoms with Crippen molar-refractivity contribution in [3.63, 3.8) is 0 Å². The van der Waals surface area contributed by atoms with Crippen LogP contribution in [0.4, 0.5) is 10.6 Å². The Labute approximate surface area is 242 Å². The monoisotopic (exact) mass is 582 g/mol. The molecule has 2 aromatic rings. The number of likely N-dealkylation sites (tertiary alicyclic amines) is 1. The molecule has 11 nitrogen and oxygen atoms in total. The van der Waals surface area contributed by atoms with Crippen LogP contribution in [-0.4, -0.2) is 97.7 Å². The number of nitriles is 1. The molecular formula is C29H38N6O5S. The zero-order valence-corrected chi connectivity index (χ0v) is 24.2. The topological polar surface area (TPSA) is 146 Å². The summed E-state index contributed by atoms with van der Waals surface area (Å²) in [6, 6.07) is 10.3. The number of carbonyl (C=O) groups is 1. The van der Waals surface area contributed by atoms with Crippen LogP contribution in [0.2, 0.25) is 0 Å². The summed E-state index contributed by atoms with van der Waals surface area (Å²) < 4.78 is 28.2. The molecule has 3 atom stereocenters. The van der Waals surface area contributed by atoms with Gasteiger partial charge >= 0.3 is 12.1 Å². The Balaban J connectivity index is 1.37. The van der Waals surface area contributed by atoms with Crippen LogP contribution in [-0.2, 0) is 24.0 Å². The molecule has 0 radical (unpaired) electrons. The van der Waals surface area contributed by atoms with E-state index in [9.17, 15) is 24.3 Å². The fourth-order valence-corrected chi connectivity index (χ4v) is 9.41. The van der Waals surface area contributed by atoms with Gasteiger partial charge in [0.25, 0.3) is 0 Å². The third-order valence-corrected chi connectivity index (χ3v) is 11.1. The maximum absolute atomic E-state index is 11.8. The molecule has 6 rings (SSSR count). The Morgan fingerprint density at radius 3 is 2.80 bits per heavy atom. The third kappa shape index (κ3) is 5.44. The average Bonchev–Trinajstić information content (AvgIpc) is 3.35. The maximum atomic E-state index is 11.8. The molecule has 12 heteroatoms. The lowest BCUT2D eigenvalue weighted by Gasteiger charge is -2.50. The van der Waals surface area contributed by atoms with Gasteiger partial charge in [-0.2, -0.15) is 25.8 Å². The molecule has 1 spiro atoms. The van der Waals surface area contributed by atoms with Crippen LogP contribution >= 0.6 is 10.6 Å². The first-order chi connectivity index (χ1) is 19.7. The van der Waals surface area contributed by atoms with Gasteiger partial charge in [0.2, 0.25) is 0 Å².